The zero-order valence-corrected chi connectivity index (χ0v) is 15.0. The Morgan fingerprint density at radius 2 is 1.78 bits per heavy atom. The van der Waals surface area contributed by atoms with Crippen molar-refractivity contribution in [2.75, 3.05) is 11.9 Å². The van der Waals surface area contributed by atoms with Gasteiger partial charge in [0, 0.05) is 17.6 Å². The third kappa shape index (κ3) is 2.80. The number of fused-ring (bicyclic) bond motifs is 1. The first-order valence-electron chi connectivity index (χ1n) is 8.17. The van der Waals surface area contributed by atoms with Gasteiger partial charge in [0.15, 0.2) is 0 Å². The Kier molecular flexibility index (Phi) is 4.05. The molecular formula is C20H14ClN3O3. The summed E-state index contributed by atoms with van der Waals surface area (Å²) in [6, 6.07) is 13.8. The molecule has 6 nitrogen and oxygen atoms in total. The third-order valence-corrected chi connectivity index (χ3v) is 4.72. The zero-order chi connectivity index (χ0) is 19.1. The molecule has 3 aromatic rings. The van der Waals surface area contributed by atoms with Crippen molar-refractivity contribution in [1.82, 2.24) is 10.2 Å². The molecule has 0 saturated carbocycles. The van der Waals surface area contributed by atoms with E-state index in [4.69, 9.17) is 11.6 Å². The fraction of sp³-hybridized carbons (Fsp3) is 0.0500. The molecule has 4 rings (SSSR count). The van der Waals surface area contributed by atoms with E-state index in [1.807, 2.05) is 0 Å². The first-order valence-corrected chi connectivity index (χ1v) is 8.55. The fourth-order valence-corrected chi connectivity index (χ4v) is 3.35. The van der Waals surface area contributed by atoms with Gasteiger partial charge in [0.25, 0.3) is 11.5 Å². The fourth-order valence-electron chi connectivity index (χ4n) is 3.15. The summed E-state index contributed by atoms with van der Waals surface area (Å²) in [6.07, 6.45) is 1.59. The average molecular weight is 380 g/mol. The molecule has 0 spiro atoms. The van der Waals surface area contributed by atoms with Crippen LogP contribution in [-0.2, 0) is 4.79 Å². The van der Waals surface area contributed by atoms with E-state index < -0.39 is 17.2 Å². The van der Waals surface area contributed by atoms with Gasteiger partial charge in [-0.05, 0) is 35.9 Å². The predicted molar refractivity (Wildman–Crippen MR) is 103 cm³/mol. The minimum atomic E-state index is -0.477. The van der Waals surface area contributed by atoms with Crippen LogP contribution in [0.1, 0.15) is 15.9 Å². The average Bonchev–Trinajstić information content (AvgIpc) is 3.01. The number of benzene rings is 2. The highest BCUT2D eigenvalue weighted by atomic mass is 35.5. The maximum atomic E-state index is 13.0. The molecule has 2 aromatic carbocycles. The van der Waals surface area contributed by atoms with Crippen LogP contribution in [-0.4, -0.2) is 28.9 Å². The van der Waals surface area contributed by atoms with Crippen LogP contribution < -0.4 is 21.0 Å². The van der Waals surface area contributed by atoms with Crippen LogP contribution in [0.4, 0.5) is 5.69 Å². The van der Waals surface area contributed by atoms with Gasteiger partial charge in [-0.1, -0.05) is 35.9 Å². The lowest BCUT2D eigenvalue weighted by Gasteiger charge is -2.25. The summed E-state index contributed by atoms with van der Waals surface area (Å²) >= 11 is 6.00. The van der Waals surface area contributed by atoms with Gasteiger partial charge in [0.05, 0.1) is 16.3 Å². The molecule has 2 heterocycles. The van der Waals surface area contributed by atoms with Gasteiger partial charge in [-0.2, -0.15) is 0 Å². The lowest BCUT2D eigenvalue weighted by atomic mass is 9.95. The number of amides is 1. The highest BCUT2D eigenvalue weighted by Gasteiger charge is 2.33. The summed E-state index contributed by atoms with van der Waals surface area (Å²) in [5, 5.41) is 6.02. The van der Waals surface area contributed by atoms with Gasteiger partial charge in [0.2, 0.25) is 5.78 Å². The summed E-state index contributed by atoms with van der Waals surface area (Å²) < 4.78 is 0. The molecule has 0 bridgehead atoms. The van der Waals surface area contributed by atoms with Crippen molar-refractivity contribution in [3.63, 3.8) is 0 Å². The van der Waals surface area contributed by atoms with E-state index in [1.165, 1.54) is 4.90 Å². The molecule has 1 amide bonds. The number of aromatic amines is 2. The van der Waals surface area contributed by atoms with Gasteiger partial charge < -0.3 is 4.90 Å². The number of halogens is 1. The SMILES string of the molecule is CN1C(=O)C(=c2[nH][nH]c(=O)c2=Cc2cccc(Cl)c2)C(=O)c2ccccc21. The number of hydrogen-bond donors (Lipinski definition) is 2. The van der Waals surface area contributed by atoms with Crippen LogP contribution >= 0.6 is 11.6 Å². The molecule has 134 valence electrons. The molecule has 1 aliphatic rings. The molecule has 0 atom stereocenters. The van der Waals surface area contributed by atoms with Crippen LogP contribution in [0.15, 0.2) is 53.3 Å². The Labute approximate surface area is 158 Å². The molecule has 0 aliphatic carbocycles. The van der Waals surface area contributed by atoms with Crippen LogP contribution in [0.2, 0.25) is 5.02 Å². The Morgan fingerprint density at radius 1 is 1.00 bits per heavy atom. The molecule has 1 aliphatic heterocycles. The Hall–Kier alpha value is -3.38. The standard InChI is InChI=1S/C20H14ClN3O3/c1-24-15-8-3-2-7-13(15)18(25)16(20(24)27)17-14(19(26)23-22-17)10-11-5-4-6-12(21)9-11/h2-10,22H,1H3,(H,23,26). The predicted octanol–water partition coefficient (Wildman–Crippen LogP) is 1.20. The number of para-hydroxylation sites is 1. The molecule has 2 N–H and O–H groups in total. The molecule has 0 unspecified atom stereocenters. The van der Waals surface area contributed by atoms with E-state index in [-0.39, 0.29) is 16.1 Å². The number of rotatable bonds is 1. The number of carbonyl (C=O) groups is 2. The van der Waals surface area contributed by atoms with Crippen LogP contribution in [0, 0.1) is 0 Å². The van der Waals surface area contributed by atoms with Crippen LogP contribution in [0.5, 0.6) is 0 Å². The molecule has 0 saturated heterocycles. The van der Waals surface area contributed by atoms with Gasteiger partial charge in [-0.25, -0.2) is 0 Å². The zero-order valence-electron chi connectivity index (χ0n) is 14.2. The molecular weight excluding hydrogens is 366 g/mol. The van der Waals surface area contributed by atoms with E-state index in [1.54, 1.807) is 61.7 Å². The third-order valence-electron chi connectivity index (χ3n) is 4.48. The van der Waals surface area contributed by atoms with Crippen LogP contribution in [0.25, 0.3) is 11.6 Å². The smallest absolute Gasteiger partial charge is 0.271 e. The van der Waals surface area contributed by atoms with E-state index in [2.05, 4.69) is 10.2 Å². The molecule has 0 radical (unpaired) electrons. The van der Waals surface area contributed by atoms with Crippen molar-refractivity contribution >= 4 is 40.6 Å². The minimum Gasteiger partial charge on any atom is -0.310 e. The molecule has 27 heavy (non-hydrogen) atoms. The molecule has 1 aromatic heterocycles. The summed E-state index contributed by atoms with van der Waals surface area (Å²) in [6.45, 7) is 0. The van der Waals surface area contributed by atoms with Crippen molar-refractivity contribution in [1.29, 1.82) is 0 Å². The summed E-state index contributed by atoms with van der Waals surface area (Å²) in [5.74, 6) is -0.903. The lowest BCUT2D eigenvalue weighted by molar-refractivity contribution is -0.113. The molecule has 0 fully saturated rings. The van der Waals surface area contributed by atoms with Crippen molar-refractivity contribution in [3.05, 3.63) is 85.6 Å². The first kappa shape index (κ1) is 17.1. The summed E-state index contributed by atoms with van der Waals surface area (Å²) in [4.78, 5) is 39.6. The lowest BCUT2D eigenvalue weighted by Crippen LogP contribution is -2.44. The van der Waals surface area contributed by atoms with Gasteiger partial charge in [0.1, 0.15) is 5.57 Å². The summed E-state index contributed by atoms with van der Waals surface area (Å²) in [5.41, 5.74) is 1.11. The second kappa shape index (κ2) is 6.41. The quantitative estimate of drug-likeness (QED) is 0.666. The van der Waals surface area contributed by atoms with Crippen LogP contribution in [0.3, 0.4) is 0 Å². The van der Waals surface area contributed by atoms with Crippen molar-refractivity contribution in [2.24, 2.45) is 0 Å². The number of nitrogens with one attached hydrogen (secondary N) is 2. The number of nitrogens with zero attached hydrogens (tertiary/aromatic N) is 1. The number of anilines is 1. The van der Waals surface area contributed by atoms with E-state index in [9.17, 15) is 14.4 Å². The maximum absolute atomic E-state index is 13.0. The number of H-pyrrole nitrogens is 2. The number of carbonyl (C=O) groups excluding carboxylic acids is 2. The normalized spacial score (nSPS) is 16.7. The van der Waals surface area contributed by atoms with Gasteiger partial charge in [-0.15, -0.1) is 0 Å². The van der Waals surface area contributed by atoms with Crippen molar-refractivity contribution < 1.29 is 9.59 Å². The van der Waals surface area contributed by atoms with Crippen molar-refractivity contribution in [3.8, 4) is 0 Å². The van der Waals surface area contributed by atoms with Gasteiger partial charge >= 0.3 is 0 Å². The Morgan fingerprint density at radius 3 is 2.56 bits per heavy atom. The number of ketones is 1. The number of Topliss-reactive ketones (excluding diaryl/α,β-unsaturated/α-hetero) is 1. The Balaban J connectivity index is 2.05. The maximum Gasteiger partial charge on any atom is 0.271 e. The van der Waals surface area contributed by atoms with Crippen molar-refractivity contribution in [2.45, 2.75) is 0 Å². The second-order valence-electron chi connectivity index (χ2n) is 6.15. The monoisotopic (exact) mass is 379 g/mol. The topological polar surface area (TPSA) is 86.0 Å². The first-order chi connectivity index (χ1) is 13.0. The Bertz CT molecular complexity index is 1270. The second-order valence-corrected chi connectivity index (χ2v) is 6.59. The number of hydrogen-bond acceptors (Lipinski definition) is 3. The largest absolute Gasteiger partial charge is 0.310 e. The van der Waals surface area contributed by atoms with Gasteiger partial charge in [-0.3, -0.25) is 24.6 Å². The van der Waals surface area contributed by atoms with E-state index >= 15 is 0 Å². The van der Waals surface area contributed by atoms with E-state index in [0.29, 0.717) is 21.8 Å². The molecule has 7 heteroatoms. The highest BCUT2D eigenvalue weighted by molar-refractivity contribution is 6.51. The minimum absolute atomic E-state index is 0.0807. The number of aromatic nitrogens is 2. The summed E-state index contributed by atoms with van der Waals surface area (Å²) in [7, 11) is 1.60. The van der Waals surface area contributed by atoms with E-state index in [0.717, 1.165) is 0 Å². The highest BCUT2D eigenvalue weighted by Crippen LogP contribution is 2.28.